The minimum absolute atomic E-state index is 0.0966. The molecule has 1 saturated heterocycles. The molecule has 0 bridgehead atoms. The molecular weight excluding hydrogens is 465 g/mol. The van der Waals surface area contributed by atoms with Gasteiger partial charge in [0.1, 0.15) is 18.0 Å². The number of nitro groups is 1. The second kappa shape index (κ2) is 9.93. The van der Waals surface area contributed by atoms with E-state index in [4.69, 9.17) is 4.74 Å². The lowest BCUT2D eigenvalue weighted by atomic mass is 9.90. The van der Waals surface area contributed by atoms with Gasteiger partial charge in [-0.25, -0.2) is 0 Å². The summed E-state index contributed by atoms with van der Waals surface area (Å²) in [6.07, 6.45) is 1.06. The van der Waals surface area contributed by atoms with Crippen molar-refractivity contribution < 1.29 is 27.6 Å². The summed E-state index contributed by atoms with van der Waals surface area (Å²) >= 11 is 0. The molecule has 2 aliphatic rings. The SMILES string of the molecule is CC1(COc2ccc(N3CCC(Cc4cccc(OC(F)(F)F)c4)CC3)cc2[N+](=O)[O-])NC=CN1. The van der Waals surface area contributed by atoms with E-state index in [1.165, 1.54) is 18.2 Å². The first kappa shape index (κ1) is 24.5. The van der Waals surface area contributed by atoms with E-state index in [1.54, 1.807) is 30.6 Å². The van der Waals surface area contributed by atoms with Crippen LogP contribution in [0.3, 0.4) is 0 Å². The molecule has 0 saturated carbocycles. The highest BCUT2D eigenvalue weighted by Crippen LogP contribution is 2.34. The highest BCUT2D eigenvalue weighted by atomic mass is 19.4. The van der Waals surface area contributed by atoms with Crippen LogP contribution in [0.15, 0.2) is 54.9 Å². The van der Waals surface area contributed by atoms with Gasteiger partial charge >= 0.3 is 12.0 Å². The zero-order valence-electron chi connectivity index (χ0n) is 19.2. The number of hydrogen-bond acceptors (Lipinski definition) is 7. The molecule has 2 aliphatic heterocycles. The molecule has 11 heteroatoms. The van der Waals surface area contributed by atoms with Crippen molar-refractivity contribution >= 4 is 11.4 Å². The predicted octanol–water partition coefficient (Wildman–Crippen LogP) is 4.71. The van der Waals surface area contributed by atoms with Crippen molar-refractivity contribution in [1.29, 1.82) is 0 Å². The molecule has 0 radical (unpaired) electrons. The van der Waals surface area contributed by atoms with Crippen LogP contribution in [0.2, 0.25) is 0 Å². The van der Waals surface area contributed by atoms with Gasteiger partial charge in [0.2, 0.25) is 0 Å². The molecular formula is C24H27F3N4O4. The fraction of sp³-hybridized carbons (Fsp3) is 0.417. The summed E-state index contributed by atoms with van der Waals surface area (Å²) in [5.41, 5.74) is 0.901. The lowest BCUT2D eigenvalue weighted by molar-refractivity contribution is -0.385. The van der Waals surface area contributed by atoms with Crippen molar-refractivity contribution in [3.05, 3.63) is 70.5 Å². The number of benzene rings is 2. The third kappa shape index (κ3) is 6.49. The maximum Gasteiger partial charge on any atom is 0.573 e. The molecule has 2 aromatic carbocycles. The van der Waals surface area contributed by atoms with Crippen molar-refractivity contribution in [2.24, 2.45) is 5.92 Å². The Hall–Kier alpha value is -3.63. The zero-order chi connectivity index (χ0) is 25.1. The molecule has 0 unspecified atom stereocenters. The molecule has 0 atom stereocenters. The largest absolute Gasteiger partial charge is 0.573 e. The average molecular weight is 492 g/mol. The van der Waals surface area contributed by atoms with Gasteiger partial charge in [-0.05, 0) is 61.9 Å². The molecule has 0 amide bonds. The number of ether oxygens (including phenoxy) is 2. The third-order valence-corrected chi connectivity index (χ3v) is 6.18. The third-order valence-electron chi connectivity index (χ3n) is 6.18. The molecule has 35 heavy (non-hydrogen) atoms. The standard InChI is InChI=1S/C24H27F3N4O4/c1-23(28-9-10-29-23)16-34-22-6-5-19(15-21(22)31(32)33)30-11-7-17(8-12-30)13-18-3-2-4-20(14-18)35-24(25,26)27/h2-6,9-10,14-15,17,28-29H,7-8,11-13,16H2,1H3. The second-order valence-corrected chi connectivity index (χ2v) is 8.98. The normalized spacial score (nSPS) is 17.5. The summed E-state index contributed by atoms with van der Waals surface area (Å²) in [6.45, 7) is 3.47. The second-order valence-electron chi connectivity index (χ2n) is 8.98. The van der Waals surface area contributed by atoms with E-state index in [0.29, 0.717) is 25.4 Å². The van der Waals surface area contributed by atoms with E-state index in [0.717, 1.165) is 24.1 Å². The summed E-state index contributed by atoms with van der Waals surface area (Å²) in [7, 11) is 0. The molecule has 188 valence electrons. The Kier molecular flexibility index (Phi) is 6.95. The molecule has 0 aromatic heterocycles. The van der Waals surface area contributed by atoms with Gasteiger partial charge in [0, 0.05) is 37.2 Å². The Morgan fingerprint density at radius 1 is 1.14 bits per heavy atom. The molecule has 2 heterocycles. The van der Waals surface area contributed by atoms with E-state index in [2.05, 4.69) is 20.3 Å². The number of halogens is 3. The summed E-state index contributed by atoms with van der Waals surface area (Å²) in [5, 5.41) is 17.9. The molecule has 8 nitrogen and oxygen atoms in total. The van der Waals surface area contributed by atoms with Crippen LogP contribution in [0.4, 0.5) is 24.5 Å². The average Bonchev–Trinajstić information content (AvgIpc) is 3.24. The highest BCUT2D eigenvalue weighted by Gasteiger charge is 2.31. The zero-order valence-corrected chi connectivity index (χ0v) is 19.2. The van der Waals surface area contributed by atoms with E-state index >= 15 is 0 Å². The van der Waals surface area contributed by atoms with Crippen molar-refractivity contribution in [3.8, 4) is 11.5 Å². The highest BCUT2D eigenvalue weighted by molar-refractivity contribution is 5.60. The van der Waals surface area contributed by atoms with E-state index < -0.39 is 16.9 Å². The number of piperidine rings is 1. The van der Waals surface area contributed by atoms with Crippen LogP contribution in [0.25, 0.3) is 0 Å². The fourth-order valence-electron chi connectivity index (χ4n) is 4.36. The quantitative estimate of drug-likeness (QED) is 0.408. The van der Waals surface area contributed by atoms with E-state index in [9.17, 15) is 23.3 Å². The number of alkyl halides is 3. The Morgan fingerprint density at radius 2 is 1.86 bits per heavy atom. The minimum atomic E-state index is -4.72. The first-order valence-corrected chi connectivity index (χ1v) is 11.3. The first-order chi connectivity index (χ1) is 16.6. The van der Waals surface area contributed by atoms with Crippen LogP contribution in [0.5, 0.6) is 11.5 Å². The van der Waals surface area contributed by atoms with Gasteiger partial charge in [-0.15, -0.1) is 13.2 Å². The van der Waals surface area contributed by atoms with Gasteiger partial charge < -0.3 is 25.0 Å². The lowest BCUT2D eigenvalue weighted by Gasteiger charge is -2.33. The summed E-state index contributed by atoms with van der Waals surface area (Å²) in [5.74, 6) is 0.281. The van der Waals surface area contributed by atoms with Gasteiger partial charge in [-0.1, -0.05) is 12.1 Å². The van der Waals surface area contributed by atoms with Gasteiger partial charge in [0.25, 0.3) is 0 Å². The minimum Gasteiger partial charge on any atom is -0.482 e. The van der Waals surface area contributed by atoms with E-state index in [1.807, 2.05) is 13.0 Å². The summed E-state index contributed by atoms with van der Waals surface area (Å²) in [4.78, 5) is 13.3. The van der Waals surface area contributed by atoms with Crippen LogP contribution >= 0.6 is 0 Å². The topological polar surface area (TPSA) is 88.9 Å². The van der Waals surface area contributed by atoms with E-state index in [-0.39, 0.29) is 23.8 Å². The monoisotopic (exact) mass is 492 g/mol. The number of anilines is 1. The van der Waals surface area contributed by atoms with Crippen molar-refractivity contribution in [2.75, 3.05) is 24.6 Å². The lowest BCUT2D eigenvalue weighted by Crippen LogP contribution is -2.50. The van der Waals surface area contributed by atoms with Gasteiger partial charge in [0.15, 0.2) is 5.75 Å². The van der Waals surface area contributed by atoms with Crippen LogP contribution < -0.4 is 25.0 Å². The first-order valence-electron chi connectivity index (χ1n) is 11.3. The Morgan fingerprint density at radius 3 is 2.51 bits per heavy atom. The number of rotatable bonds is 8. The van der Waals surface area contributed by atoms with Crippen molar-refractivity contribution in [1.82, 2.24) is 10.6 Å². The maximum atomic E-state index is 12.5. The molecule has 4 rings (SSSR count). The fourth-order valence-corrected chi connectivity index (χ4v) is 4.36. The molecule has 2 aromatic rings. The van der Waals surface area contributed by atoms with Crippen LogP contribution in [0.1, 0.15) is 25.3 Å². The molecule has 0 spiro atoms. The maximum absolute atomic E-state index is 12.5. The summed E-state index contributed by atoms with van der Waals surface area (Å²) < 4.78 is 47.2. The van der Waals surface area contributed by atoms with Crippen LogP contribution in [-0.4, -0.2) is 36.6 Å². The Bertz CT molecular complexity index is 1080. The number of hydrogen-bond donors (Lipinski definition) is 2. The number of nitrogens with zero attached hydrogens (tertiary/aromatic N) is 2. The van der Waals surface area contributed by atoms with Gasteiger partial charge in [-0.2, -0.15) is 0 Å². The Balaban J connectivity index is 1.35. The van der Waals surface area contributed by atoms with Crippen LogP contribution in [0, 0.1) is 16.0 Å². The Labute approximate surface area is 200 Å². The molecule has 0 aliphatic carbocycles. The molecule has 1 fully saturated rings. The molecule has 2 N–H and O–H groups in total. The van der Waals surface area contributed by atoms with Crippen molar-refractivity contribution in [3.63, 3.8) is 0 Å². The van der Waals surface area contributed by atoms with Gasteiger partial charge in [-0.3, -0.25) is 10.1 Å². The van der Waals surface area contributed by atoms with Crippen LogP contribution in [-0.2, 0) is 6.42 Å². The predicted molar refractivity (Wildman–Crippen MR) is 124 cm³/mol. The van der Waals surface area contributed by atoms with Gasteiger partial charge in [0.05, 0.1) is 4.92 Å². The smallest absolute Gasteiger partial charge is 0.482 e. The number of nitrogens with one attached hydrogen (secondary N) is 2. The summed E-state index contributed by atoms with van der Waals surface area (Å²) in [6, 6.07) is 11.0. The van der Waals surface area contributed by atoms with Crippen molar-refractivity contribution in [2.45, 2.75) is 38.2 Å². The number of nitro benzene ring substituents is 1.